The van der Waals surface area contributed by atoms with E-state index in [-0.39, 0.29) is 44.5 Å². The molecule has 2 saturated heterocycles. The lowest BCUT2D eigenvalue weighted by Gasteiger charge is -2.33. The predicted octanol–water partition coefficient (Wildman–Crippen LogP) is 1.48. The smallest absolute Gasteiger partial charge is 0.251 e. The fourth-order valence-electron chi connectivity index (χ4n) is 3.97. The van der Waals surface area contributed by atoms with E-state index in [1.807, 2.05) is 18.2 Å². The largest absolute Gasteiger partial charge is 0.379 e. The van der Waals surface area contributed by atoms with Gasteiger partial charge in [0.25, 0.3) is 5.91 Å². The molecule has 0 saturated carbocycles. The van der Waals surface area contributed by atoms with Crippen molar-refractivity contribution in [1.82, 2.24) is 14.5 Å². The van der Waals surface area contributed by atoms with Crippen LogP contribution in [-0.4, -0.2) is 82.2 Å². The van der Waals surface area contributed by atoms with Crippen molar-refractivity contribution in [2.75, 3.05) is 52.5 Å². The maximum atomic E-state index is 14.4. The summed E-state index contributed by atoms with van der Waals surface area (Å²) in [6.07, 6.45) is -0.191. The summed E-state index contributed by atoms with van der Waals surface area (Å²) in [4.78, 5) is 14.5. The zero-order chi connectivity index (χ0) is 23.3. The van der Waals surface area contributed by atoms with Gasteiger partial charge in [-0.2, -0.15) is 4.31 Å². The molecule has 10 heteroatoms. The molecule has 0 spiro atoms. The Kier molecular flexibility index (Phi) is 7.71. The van der Waals surface area contributed by atoms with Crippen LogP contribution in [0.25, 0.3) is 0 Å². The van der Waals surface area contributed by atoms with Gasteiger partial charge in [-0.1, -0.05) is 30.3 Å². The molecule has 0 aromatic heterocycles. The second-order valence-corrected chi connectivity index (χ2v) is 9.99. The molecule has 4 rings (SSSR count). The number of ether oxygens (including phenoxy) is 2. The molecule has 0 radical (unpaired) electrons. The Morgan fingerprint density at radius 3 is 2.58 bits per heavy atom. The van der Waals surface area contributed by atoms with E-state index in [0.717, 1.165) is 25.2 Å². The Balaban J connectivity index is 1.37. The molecule has 1 atom stereocenters. The summed E-state index contributed by atoms with van der Waals surface area (Å²) in [6, 6.07) is 13.5. The Morgan fingerprint density at radius 2 is 1.82 bits per heavy atom. The Hall–Kier alpha value is -2.37. The Labute approximate surface area is 193 Å². The first-order valence-electron chi connectivity index (χ1n) is 11.0. The SMILES string of the molecule is O=C(NCC1CN(Cc2ccccc2)CCO1)c1ccc(F)c(S(=O)(=O)N2CCOCC2)c1. The van der Waals surface area contributed by atoms with Crippen LogP contribution in [0.3, 0.4) is 0 Å². The number of hydrogen-bond donors (Lipinski definition) is 1. The van der Waals surface area contributed by atoms with Crippen LogP contribution in [-0.2, 0) is 26.0 Å². The van der Waals surface area contributed by atoms with Crippen LogP contribution >= 0.6 is 0 Å². The van der Waals surface area contributed by atoms with Gasteiger partial charge in [-0.15, -0.1) is 0 Å². The van der Waals surface area contributed by atoms with E-state index in [2.05, 4.69) is 22.3 Å². The number of nitrogens with one attached hydrogen (secondary N) is 1. The molecule has 8 nitrogen and oxygen atoms in total. The number of benzene rings is 2. The number of sulfonamides is 1. The highest BCUT2D eigenvalue weighted by Crippen LogP contribution is 2.22. The number of rotatable bonds is 7. The summed E-state index contributed by atoms with van der Waals surface area (Å²) in [6.45, 7) is 3.91. The van der Waals surface area contributed by atoms with Crippen LogP contribution in [0.4, 0.5) is 4.39 Å². The van der Waals surface area contributed by atoms with Crippen LogP contribution in [0.2, 0.25) is 0 Å². The maximum absolute atomic E-state index is 14.4. The Bertz CT molecular complexity index is 1060. The third-order valence-corrected chi connectivity index (χ3v) is 7.66. The average molecular weight is 478 g/mol. The summed E-state index contributed by atoms with van der Waals surface area (Å²) >= 11 is 0. The minimum Gasteiger partial charge on any atom is -0.379 e. The van der Waals surface area contributed by atoms with Crippen LogP contribution in [0, 0.1) is 5.82 Å². The van der Waals surface area contributed by atoms with Crippen molar-refractivity contribution in [3.05, 3.63) is 65.5 Å². The topological polar surface area (TPSA) is 88.2 Å². The standard InChI is InChI=1S/C23H28FN3O5S/c24-21-7-6-19(14-22(21)33(29,30)27-9-11-31-12-10-27)23(28)25-15-20-17-26(8-13-32-20)16-18-4-2-1-3-5-18/h1-7,14,20H,8-13,15-17H2,(H,25,28). The summed E-state index contributed by atoms with van der Waals surface area (Å²) < 4.78 is 52.2. The molecule has 1 amide bonds. The second-order valence-electron chi connectivity index (χ2n) is 8.09. The van der Waals surface area contributed by atoms with Crippen LogP contribution in [0.15, 0.2) is 53.4 Å². The van der Waals surface area contributed by atoms with Crippen molar-refractivity contribution in [2.24, 2.45) is 0 Å². The molecule has 0 bridgehead atoms. The number of morpholine rings is 2. The molecule has 2 aromatic rings. The molecular formula is C23H28FN3O5S. The molecule has 0 aliphatic carbocycles. The fraction of sp³-hybridized carbons (Fsp3) is 0.435. The highest BCUT2D eigenvalue weighted by molar-refractivity contribution is 7.89. The van der Waals surface area contributed by atoms with Gasteiger partial charge >= 0.3 is 0 Å². The lowest BCUT2D eigenvalue weighted by atomic mass is 10.1. The zero-order valence-corrected chi connectivity index (χ0v) is 19.1. The van der Waals surface area contributed by atoms with Crippen molar-refractivity contribution in [1.29, 1.82) is 0 Å². The molecule has 178 valence electrons. The predicted molar refractivity (Wildman–Crippen MR) is 120 cm³/mol. The minimum absolute atomic E-state index is 0.0835. The fourth-order valence-corrected chi connectivity index (χ4v) is 5.46. The number of carbonyl (C=O) groups excluding carboxylic acids is 1. The Morgan fingerprint density at radius 1 is 1.06 bits per heavy atom. The van der Waals surface area contributed by atoms with Gasteiger partial charge in [-0.3, -0.25) is 9.69 Å². The van der Waals surface area contributed by atoms with Crippen molar-refractivity contribution in [2.45, 2.75) is 17.5 Å². The molecule has 33 heavy (non-hydrogen) atoms. The van der Waals surface area contributed by atoms with Crippen LogP contribution in [0.5, 0.6) is 0 Å². The van der Waals surface area contributed by atoms with E-state index in [4.69, 9.17) is 9.47 Å². The third kappa shape index (κ3) is 5.96. The first-order valence-corrected chi connectivity index (χ1v) is 12.4. The van der Waals surface area contributed by atoms with E-state index >= 15 is 0 Å². The van der Waals surface area contributed by atoms with Gasteiger partial charge in [0.1, 0.15) is 10.7 Å². The molecular weight excluding hydrogens is 449 g/mol. The van der Waals surface area contributed by atoms with Crippen molar-refractivity contribution in [3.8, 4) is 0 Å². The highest BCUT2D eigenvalue weighted by atomic mass is 32.2. The van der Waals surface area contributed by atoms with E-state index < -0.39 is 26.6 Å². The third-order valence-electron chi connectivity index (χ3n) is 5.74. The van der Waals surface area contributed by atoms with Gasteiger partial charge in [0.2, 0.25) is 10.0 Å². The lowest BCUT2D eigenvalue weighted by Crippen LogP contribution is -2.47. The summed E-state index contributed by atoms with van der Waals surface area (Å²) in [5, 5.41) is 2.79. The quantitative estimate of drug-likeness (QED) is 0.650. The molecule has 2 aromatic carbocycles. The molecule has 2 fully saturated rings. The summed E-state index contributed by atoms with van der Waals surface area (Å²) in [7, 11) is -4.05. The van der Waals surface area contributed by atoms with E-state index in [0.29, 0.717) is 13.2 Å². The molecule has 2 aliphatic rings. The van der Waals surface area contributed by atoms with Gasteiger partial charge in [-0.05, 0) is 23.8 Å². The molecule has 2 heterocycles. The highest BCUT2D eigenvalue weighted by Gasteiger charge is 2.30. The van der Waals surface area contributed by atoms with Gasteiger partial charge in [0, 0.05) is 44.8 Å². The van der Waals surface area contributed by atoms with Crippen molar-refractivity contribution < 1.29 is 27.1 Å². The first kappa shape index (κ1) is 23.8. The maximum Gasteiger partial charge on any atom is 0.251 e. The minimum atomic E-state index is -4.05. The molecule has 2 aliphatic heterocycles. The number of nitrogens with zero attached hydrogens (tertiary/aromatic N) is 2. The van der Waals surface area contributed by atoms with Gasteiger partial charge in [-0.25, -0.2) is 12.8 Å². The zero-order valence-electron chi connectivity index (χ0n) is 18.3. The number of halogens is 1. The van der Waals surface area contributed by atoms with Crippen LogP contribution < -0.4 is 5.32 Å². The van der Waals surface area contributed by atoms with Gasteiger partial charge in [0.05, 0.1) is 25.9 Å². The molecule has 1 N–H and O–H groups in total. The lowest BCUT2D eigenvalue weighted by molar-refractivity contribution is -0.0292. The average Bonchev–Trinajstić information content (AvgIpc) is 2.84. The molecule has 1 unspecified atom stereocenters. The van der Waals surface area contributed by atoms with Gasteiger partial charge < -0.3 is 14.8 Å². The van der Waals surface area contributed by atoms with Gasteiger partial charge in [0.15, 0.2) is 0 Å². The number of carbonyl (C=O) groups is 1. The monoisotopic (exact) mass is 477 g/mol. The van der Waals surface area contributed by atoms with Crippen molar-refractivity contribution in [3.63, 3.8) is 0 Å². The van der Waals surface area contributed by atoms with E-state index in [1.165, 1.54) is 15.9 Å². The number of hydrogen-bond acceptors (Lipinski definition) is 6. The summed E-state index contributed by atoms with van der Waals surface area (Å²) in [5.74, 6) is -1.36. The normalized spacial score (nSPS) is 20.5. The van der Waals surface area contributed by atoms with E-state index in [1.54, 1.807) is 0 Å². The number of amides is 1. The van der Waals surface area contributed by atoms with Crippen molar-refractivity contribution >= 4 is 15.9 Å². The second kappa shape index (κ2) is 10.7. The first-order chi connectivity index (χ1) is 15.9. The summed E-state index contributed by atoms with van der Waals surface area (Å²) in [5.41, 5.74) is 1.29. The van der Waals surface area contributed by atoms with E-state index in [9.17, 15) is 17.6 Å². The van der Waals surface area contributed by atoms with Crippen LogP contribution in [0.1, 0.15) is 15.9 Å².